The largest absolute Gasteiger partial charge is 0.355 e. The van der Waals surface area contributed by atoms with E-state index >= 15 is 0 Å². The second-order valence-corrected chi connectivity index (χ2v) is 7.98. The first-order chi connectivity index (χ1) is 16.6. The van der Waals surface area contributed by atoms with Crippen LogP contribution >= 0.6 is 0 Å². The number of anilines is 5. The Morgan fingerprint density at radius 2 is 1.47 bits per heavy atom. The van der Waals surface area contributed by atoms with Crippen LogP contribution in [0.5, 0.6) is 0 Å². The van der Waals surface area contributed by atoms with Gasteiger partial charge in [0.25, 0.3) is 5.91 Å². The van der Waals surface area contributed by atoms with Crippen LogP contribution in [0.25, 0.3) is 10.9 Å². The highest BCUT2D eigenvalue weighted by atomic mass is 16.1. The minimum Gasteiger partial charge on any atom is -0.355 e. The minimum atomic E-state index is -0.172. The standard InChI is InChI=1S/C28H23N5O/c1-19-5-10-26-25(17-19)27(13-16-30-26)32-24-4-2-3-20(18-24)28(34)33-22-8-6-21(7-9-22)31-23-11-14-29-15-12-23/h2-18H,1H3,(H,29,31)(H,30,32)(H,33,34). The molecular formula is C28H23N5O. The van der Waals surface area contributed by atoms with Crippen molar-refractivity contribution in [2.24, 2.45) is 0 Å². The molecule has 0 aliphatic carbocycles. The topological polar surface area (TPSA) is 78.9 Å². The maximum absolute atomic E-state index is 12.9. The van der Waals surface area contributed by atoms with Crippen molar-refractivity contribution >= 4 is 45.2 Å². The van der Waals surface area contributed by atoms with Crippen molar-refractivity contribution in [2.75, 3.05) is 16.0 Å². The fourth-order valence-corrected chi connectivity index (χ4v) is 3.70. The Morgan fingerprint density at radius 1 is 0.706 bits per heavy atom. The molecule has 3 N–H and O–H groups in total. The zero-order valence-electron chi connectivity index (χ0n) is 18.6. The van der Waals surface area contributed by atoms with Crippen LogP contribution in [-0.2, 0) is 0 Å². The lowest BCUT2D eigenvalue weighted by Gasteiger charge is -2.12. The first-order valence-electron chi connectivity index (χ1n) is 10.9. The van der Waals surface area contributed by atoms with Gasteiger partial charge < -0.3 is 16.0 Å². The summed E-state index contributed by atoms with van der Waals surface area (Å²) in [5, 5.41) is 10.7. The Balaban J connectivity index is 1.29. The Bertz CT molecular complexity index is 1450. The molecule has 5 rings (SSSR count). The molecule has 0 saturated heterocycles. The lowest BCUT2D eigenvalue weighted by Crippen LogP contribution is -2.12. The van der Waals surface area contributed by atoms with Crippen molar-refractivity contribution in [1.29, 1.82) is 0 Å². The first-order valence-corrected chi connectivity index (χ1v) is 10.9. The molecule has 0 radical (unpaired) electrons. The number of fused-ring (bicyclic) bond motifs is 1. The molecule has 6 heteroatoms. The molecule has 0 atom stereocenters. The summed E-state index contributed by atoms with van der Waals surface area (Å²) < 4.78 is 0. The number of nitrogens with zero attached hydrogens (tertiary/aromatic N) is 2. The molecule has 0 fully saturated rings. The highest BCUT2D eigenvalue weighted by Gasteiger charge is 2.09. The van der Waals surface area contributed by atoms with E-state index < -0.39 is 0 Å². The lowest BCUT2D eigenvalue weighted by atomic mass is 10.1. The normalized spacial score (nSPS) is 10.6. The van der Waals surface area contributed by atoms with Crippen molar-refractivity contribution in [2.45, 2.75) is 6.92 Å². The molecule has 0 bridgehead atoms. The summed E-state index contributed by atoms with van der Waals surface area (Å²) in [6.45, 7) is 2.06. The number of carbonyl (C=O) groups excluding carboxylic acids is 1. The van der Waals surface area contributed by atoms with E-state index in [1.54, 1.807) is 24.7 Å². The summed E-state index contributed by atoms with van der Waals surface area (Å²) in [5.41, 5.74) is 7.04. The fraction of sp³-hybridized carbons (Fsp3) is 0.0357. The third kappa shape index (κ3) is 4.86. The van der Waals surface area contributed by atoms with Crippen molar-refractivity contribution in [1.82, 2.24) is 9.97 Å². The maximum Gasteiger partial charge on any atom is 0.255 e. The van der Waals surface area contributed by atoms with Gasteiger partial charge in [-0.15, -0.1) is 0 Å². The van der Waals surface area contributed by atoms with E-state index in [2.05, 4.69) is 38.9 Å². The van der Waals surface area contributed by atoms with Gasteiger partial charge in [-0.05, 0) is 79.7 Å². The monoisotopic (exact) mass is 445 g/mol. The van der Waals surface area contributed by atoms with E-state index in [9.17, 15) is 4.79 Å². The van der Waals surface area contributed by atoms with Crippen molar-refractivity contribution < 1.29 is 4.79 Å². The molecule has 0 saturated carbocycles. The van der Waals surface area contributed by atoms with Gasteiger partial charge in [-0.1, -0.05) is 17.7 Å². The molecule has 2 heterocycles. The lowest BCUT2D eigenvalue weighted by molar-refractivity contribution is 0.102. The summed E-state index contributed by atoms with van der Waals surface area (Å²) in [6, 6.07) is 26.9. The highest BCUT2D eigenvalue weighted by Crippen LogP contribution is 2.26. The molecular weight excluding hydrogens is 422 g/mol. The molecule has 0 spiro atoms. The number of pyridine rings is 2. The number of benzene rings is 3. The third-order valence-corrected chi connectivity index (χ3v) is 5.41. The average molecular weight is 446 g/mol. The van der Waals surface area contributed by atoms with E-state index in [0.29, 0.717) is 5.56 Å². The van der Waals surface area contributed by atoms with Crippen LogP contribution in [-0.4, -0.2) is 15.9 Å². The molecule has 166 valence electrons. The van der Waals surface area contributed by atoms with Gasteiger partial charge in [0.05, 0.1) is 5.52 Å². The van der Waals surface area contributed by atoms with Crippen LogP contribution in [0.1, 0.15) is 15.9 Å². The average Bonchev–Trinajstić information content (AvgIpc) is 2.86. The van der Waals surface area contributed by atoms with Crippen molar-refractivity contribution in [3.05, 3.63) is 115 Å². The zero-order chi connectivity index (χ0) is 23.3. The molecule has 0 unspecified atom stereocenters. The number of hydrogen-bond donors (Lipinski definition) is 3. The van der Waals surface area contributed by atoms with Gasteiger partial charge in [0.15, 0.2) is 0 Å². The van der Waals surface area contributed by atoms with Gasteiger partial charge in [-0.2, -0.15) is 0 Å². The van der Waals surface area contributed by atoms with E-state index in [4.69, 9.17) is 0 Å². The highest BCUT2D eigenvalue weighted by molar-refractivity contribution is 6.05. The number of hydrogen-bond acceptors (Lipinski definition) is 5. The zero-order valence-corrected chi connectivity index (χ0v) is 18.6. The third-order valence-electron chi connectivity index (χ3n) is 5.41. The van der Waals surface area contributed by atoms with Crippen LogP contribution in [0.2, 0.25) is 0 Å². The van der Waals surface area contributed by atoms with E-state index in [1.807, 2.05) is 72.8 Å². The molecule has 6 nitrogen and oxygen atoms in total. The Morgan fingerprint density at radius 3 is 2.29 bits per heavy atom. The molecule has 2 aromatic heterocycles. The number of amides is 1. The number of nitrogens with one attached hydrogen (secondary N) is 3. The van der Waals surface area contributed by atoms with Gasteiger partial charge in [0.2, 0.25) is 0 Å². The SMILES string of the molecule is Cc1ccc2nccc(Nc3cccc(C(=O)Nc4ccc(Nc5ccncc5)cc4)c3)c2c1. The summed E-state index contributed by atoms with van der Waals surface area (Å²) in [4.78, 5) is 21.3. The second kappa shape index (κ2) is 9.42. The van der Waals surface area contributed by atoms with Crippen LogP contribution in [0.15, 0.2) is 104 Å². The quantitative estimate of drug-likeness (QED) is 0.272. The van der Waals surface area contributed by atoms with Gasteiger partial charge >= 0.3 is 0 Å². The van der Waals surface area contributed by atoms with Crippen LogP contribution < -0.4 is 16.0 Å². The first kappa shape index (κ1) is 21.2. The van der Waals surface area contributed by atoms with Gasteiger partial charge in [0.1, 0.15) is 0 Å². The smallest absolute Gasteiger partial charge is 0.255 e. The summed E-state index contributed by atoms with van der Waals surface area (Å²) in [5.74, 6) is -0.172. The molecule has 5 aromatic rings. The van der Waals surface area contributed by atoms with Gasteiger partial charge in [0, 0.05) is 58.0 Å². The molecule has 0 aliphatic heterocycles. The molecule has 1 amide bonds. The number of aryl methyl sites for hydroxylation is 1. The van der Waals surface area contributed by atoms with Crippen molar-refractivity contribution in [3.63, 3.8) is 0 Å². The molecule has 0 aliphatic rings. The molecule has 34 heavy (non-hydrogen) atoms. The van der Waals surface area contributed by atoms with Crippen LogP contribution in [0.3, 0.4) is 0 Å². The number of rotatable bonds is 6. The summed E-state index contributed by atoms with van der Waals surface area (Å²) in [7, 11) is 0. The predicted octanol–water partition coefficient (Wildman–Crippen LogP) is 6.68. The van der Waals surface area contributed by atoms with Crippen molar-refractivity contribution in [3.8, 4) is 0 Å². The van der Waals surface area contributed by atoms with E-state index in [-0.39, 0.29) is 5.91 Å². The Kier molecular flexibility index (Phi) is 5.86. The number of carbonyl (C=O) groups is 1. The summed E-state index contributed by atoms with van der Waals surface area (Å²) >= 11 is 0. The van der Waals surface area contributed by atoms with E-state index in [0.717, 1.165) is 39.3 Å². The van der Waals surface area contributed by atoms with Crippen LogP contribution in [0, 0.1) is 6.92 Å². The fourth-order valence-electron chi connectivity index (χ4n) is 3.70. The summed E-state index contributed by atoms with van der Waals surface area (Å²) in [6.07, 6.45) is 5.25. The maximum atomic E-state index is 12.9. The second-order valence-electron chi connectivity index (χ2n) is 7.98. The number of aromatic nitrogens is 2. The van der Waals surface area contributed by atoms with Gasteiger partial charge in [-0.25, -0.2) is 0 Å². The Hall–Kier alpha value is -4.71. The predicted molar refractivity (Wildman–Crippen MR) is 138 cm³/mol. The van der Waals surface area contributed by atoms with Gasteiger partial charge in [-0.3, -0.25) is 14.8 Å². The van der Waals surface area contributed by atoms with E-state index in [1.165, 1.54) is 5.56 Å². The molecule has 3 aromatic carbocycles. The minimum absolute atomic E-state index is 0.172. The Labute approximate surface area is 197 Å². The van der Waals surface area contributed by atoms with Crippen LogP contribution in [0.4, 0.5) is 28.4 Å².